The van der Waals surface area contributed by atoms with Gasteiger partial charge < -0.3 is 103 Å². The second-order valence-corrected chi connectivity index (χ2v) is 26.4. The van der Waals surface area contributed by atoms with Crippen LogP contribution in [0.3, 0.4) is 0 Å². The molecule has 0 aromatic rings. The van der Waals surface area contributed by atoms with Crippen LogP contribution in [0.1, 0.15) is 93.9 Å². The van der Waals surface area contributed by atoms with Gasteiger partial charge in [-0.1, -0.05) is 57.1 Å². The maximum absolute atomic E-state index is 14.7. The Hall–Kier alpha value is -2.73. The Kier molecular flexibility index (Phi) is 18.5. The number of aliphatic hydroxyl groups is 10. The van der Waals surface area contributed by atoms with Gasteiger partial charge in [-0.05, 0) is 88.0 Å². The number of aliphatic hydroxyl groups excluding tert-OH is 9. The van der Waals surface area contributed by atoms with Crippen LogP contribution in [0.25, 0.3) is 0 Å². The first kappa shape index (κ1) is 64.7. The minimum Gasteiger partial charge on any atom is -0.459 e. The molecule has 11 N–H and O–H groups in total. The molecule has 4 aliphatic carbocycles. The first-order chi connectivity index (χ1) is 38.8. The molecular formula is C55H84O27S. The highest BCUT2D eigenvalue weighted by Gasteiger charge is 2.87. The Morgan fingerprint density at radius 1 is 0.735 bits per heavy atom. The highest BCUT2D eigenvalue weighted by Crippen LogP contribution is 2.77. The average molecular weight is 1210 g/mol. The van der Waals surface area contributed by atoms with Crippen molar-refractivity contribution < 1.29 is 130 Å². The molecule has 5 heterocycles. The van der Waals surface area contributed by atoms with Crippen molar-refractivity contribution in [2.24, 2.45) is 33.5 Å². The second-order valence-electron chi connectivity index (χ2n) is 25.4. The maximum atomic E-state index is 14.7. The minimum atomic E-state index is -5.22. The summed E-state index contributed by atoms with van der Waals surface area (Å²) in [4.78, 5) is 27.5. The average Bonchev–Trinajstić information content (AvgIpc) is 1.60. The number of carbonyl (C=O) groups is 2. The van der Waals surface area contributed by atoms with Crippen molar-refractivity contribution in [2.75, 3.05) is 33.5 Å². The molecule has 10 unspecified atom stereocenters. The number of esters is 2. The van der Waals surface area contributed by atoms with E-state index in [4.69, 9.17) is 56.3 Å². The van der Waals surface area contributed by atoms with Gasteiger partial charge in [0, 0.05) is 19.4 Å². The van der Waals surface area contributed by atoms with E-state index >= 15 is 0 Å². The lowest BCUT2D eigenvalue weighted by atomic mass is 9.40. The third-order valence-corrected chi connectivity index (χ3v) is 20.5. The molecule has 0 aromatic heterocycles. The van der Waals surface area contributed by atoms with Crippen LogP contribution in [0.5, 0.6) is 0 Å². The summed E-state index contributed by atoms with van der Waals surface area (Å²) >= 11 is 0. The lowest BCUT2D eigenvalue weighted by Crippen LogP contribution is -2.66. The van der Waals surface area contributed by atoms with Gasteiger partial charge in [-0.15, -0.1) is 0 Å². The summed E-state index contributed by atoms with van der Waals surface area (Å²) in [6.07, 6.45) is -23.2. The fraction of sp³-hybridized carbons (Fsp3) is 0.855. The van der Waals surface area contributed by atoms with E-state index in [-0.39, 0.29) is 24.7 Å². The maximum Gasteiger partial charge on any atom is 0.397 e. The molecule has 5 aliphatic heterocycles. The first-order valence-electron chi connectivity index (χ1n) is 28.3. The van der Waals surface area contributed by atoms with E-state index in [2.05, 4.69) is 13.0 Å². The van der Waals surface area contributed by atoms with Crippen LogP contribution in [0.4, 0.5) is 0 Å². The molecule has 28 heteroatoms. The van der Waals surface area contributed by atoms with Crippen LogP contribution >= 0.6 is 0 Å². The fourth-order valence-electron chi connectivity index (χ4n) is 15.9. The second kappa shape index (κ2) is 23.7. The van der Waals surface area contributed by atoms with Crippen molar-refractivity contribution in [1.29, 1.82) is 0 Å². The number of allylic oxidation sites excluding steroid dienone is 5. The zero-order valence-electron chi connectivity index (χ0n) is 47.9. The number of hydrogen-bond donors (Lipinski definition) is 11. The molecular weight excluding hydrogens is 1120 g/mol. The molecule has 0 bridgehead atoms. The van der Waals surface area contributed by atoms with Crippen molar-refractivity contribution in [2.45, 2.75) is 228 Å². The van der Waals surface area contributed by atoms with Gasteiger partial charge in [-0.2, -0.15) is 8.42 Å². The predicted molar refractivity (Wildman–Crippen MR) is 278 cm³/mol. The van der Waals surface area contributed by atoms with E-state index in [1.165, 1.54) is 14.0 Å². The highest BCUT2D eigenvalue weighted by molar-refractivity contribution is 7.80. The number of rotatable bonds is 16. The Morgan fingerprint density at radius 2 is 1.36 bits per heavy atom. The molecule has 3 saturated carbocycles. The van der Waals surface area contributed by atoms with E-state index in [0.29, 0.717) is 25.7 Å². The Morgan fingerprint density at radius 3 is 2.00 bits per heavy atom. The molecule has 0 aromatic carbocycles. The van der Waals surface area contributed by atoms with E-state index < -0.39 is 204 Å². The number of carbonyl (C=O) groups excluding carboxylic acids is 2. The van der Waals surface area contributed by atoms with Crippen molar-refractivity contribution in [3.8, 4) is 0 Å². The number of hydrogen-bond acceptors (Lipinski definition) is 26. The lowest BCUT2D eigenvalue weighted by molar-refractivity contribution is -0.385. The summed E-state index contributed by atoms with van der Waals surface area (Å²) in [5.41, 5.74) is -5.20. The zero-order valence-corrected chi connectivity index (χ0v) is 48.8. The topological polar surface area (TPSA) is 402 Å². The molecule has 472 valence electrons. The van der Waals surface area contributed by atoms with Gasteiger partial charge >= 0.3 is 22.3 Å². The van der Waals surface area contributed by atoms with Gasteiger partial charge in [0.2, 0.25) is 0 Å². The van der Waals surface area contributed by atoms with Crippen LogP contribution in [0, 0.1) is 33.5 Å². The predicted octanol–water partition coefficient (Wildman–Crippen LogP) is -1.52. The van der Waals surface area contributed by atoms with Gasteiger partial charge in [-0.3, -0.25) is 14.1 Å². The van der Waals surface area contributed by atoms with Crippen molar-refractivity contribution in [3.63, 3.8) is 0 Å². The lowest BCUT2D eigenvalue weighted by Gasteiger charge is -2.64. The van der Waals surface area contributed by atoms with Crippen LogP contribution in [0.15, 0.2) is 35.5 Å². The van der Waals surface area contributed by atoms with E-state index in [9.17, 15) is 73.6 Å². The Balaban J connectivity index is 0.929. The molecule has 83 heavy (non-hydrogen) atoms. The van der Waals surface area contributed by atoms with Gasteiger partial charge in [0.25, 0.3) is 0 Å². The third-order valence-electron chi connectivity index (χ3n) is 20.0. The van der Waals surface area contributed by atoms with Gasteiger partial charge in [-0.25, -0.2) is 4.18 Å². The van der Waals surface area contributed by atoms with Crippen LogP contribution in [-0.2, 0) is 76.3 Å². The van der Waals surface area contributed by atoms with E-state index in [0.717, 1.165) is 11.1 Å². The smallest absolute Gasteiger partial charge is 0.397 e. The monoisotopic (exact) mass is 1210 g/mol. The summed E-state index contributed by atoms with van der Waals surface area (Å²) in [5.74, 6) is -1.41. The van der Waals surface area contributed by atoms with Crippen molar-refractivity contribution in [1.82, 2.24) is 0 Å². The number of ether oxygens (including phenoxy) is 11. The zero-order chi connectivity index (χ0) is 60.9. The van der Waals surface area contributed by atoms with E-state index in [1.54, 1.807) is 19.1 Å². The molecule has 5 saturated heterocycles. The fourth-order valence-corrected chi connectivity index (χ4v) is 16.4. The number of methoxy groups -OCH3 is 1. The van der Waals surface area contributed by atoms with Gasteiger partial charge in [0.1, 0.15) is 97.0 Å². The van der Waals surface area contributed by atoms with Crippen LogP contribution in [-0.4, -0.2) is 244 Å². The third kappa shape index (κ3) is 10.8. The van der Waals surface area contributed by atoms with E-state index in [1.807, 2.05) is 40.7 Å². The molecule has 27 atom stereocenters. The number of cyclic esters (lactones) is 1. The highest BCUT2D eigenvalue weighted by atomic mass is 32.3. The minimum absolute atomic E-state index is 0.121. The van der Waals surface area contributed by atoms with Crippen LogP contribution in [0.2, 0.25) is 0 Å². The Labute approximate surface area is 481 Å². The molecule has 9 rings (SSSR count). The Bertz CT molecular complexity index is 2580. The normalized spacial score (nSPS) is 49.6. The summed E-state index contributed by atoms with van der Waals surface area (Å²) in [5, 5.41) is 112. The largest absolute Gasteiger partial charge is 0.459 e. The summed E-state index contributed by atoms with van der Waals surface area (Å²) in [6.45, 7) is 12.1. The number of fused-ring (bicyclic) bond motifs is 4. The summed E-state index contributed by atoms with van der Waals surface area (Å²) in [7, 11) is -4.03. The van der Waals surface area contributed by atoms with Gasteiger partial charge in [0.15, 0.2) is 36.4 Å². The molecule has 9 aliphatic rings. The van der Waals surface area contributed by atoms with Crippen LogP contribution < -0.4 is 0 Å². The van der Waals surface area contributed by atoms with Gasteiger partial charge in [0.05, 0.1) is 32.5 Å². The molecule has 8 fully saturated rings. The summed E-state index contributed by atoms with van der Waals surface area (Å²) < 4.78 is 103. The molecule has 27 nitrogen and oxygen atoms in total. The standard InChI is InChI=1S/C55H84O27S/c1-24(2)11-10-16-53(8)55(67)34(74-25(3)58)19-52(7)27-12-13-32-50(4,5)33(15-17-51(32,6)26(27)14-18-54(52,55)49(66)81-53)77-48-44(36(61)31(23-73-48)82-83(68,69)70)80-46-38(63)37(62)42(30(21-57)76-46)79-45-39(64)41(28(59)22-72-45)78-47-40(65)43(71-9)35(60)29(20-56)75-47/h10-12,16,26,28-48,56-57,59-65,67H,13-15,17-23H2,1-9H3,(H,68,69,70)/b16-10-/t26-,28-,29?,30?,31-,32+,33+,34+,35-,36?,37?,38?,39?,40?,41?,42-,43?,44?,45+,46+,47+,48+,51-,52+,53+,54-,55+/m1/s1. The first-order valence-corrected chi connectivity index (χ1v) is 29.6. The quantitative estimate of drug-likeness (QED) is 0.0362. The molecule has 0 amide bonds. The molecule has 0 radical (unpaired) electrons. The summed E-state index contributed by atoms with van der Waals surface area (Å²) in [6, 6.07) is 0. The molecule has 1 spiro atoms. The van der Waals surface area contributed by atoms with Crippen molar-refractivity contribution in [3.05, 3.63) is 35.5 Å². The SMILES string of the molecule is COC1C(O)[C@H](OC2C(O)[C@H](O[C@@H]3C(CO)O[C@@H](OC4C(O)[C@H](OS(=O)(=O)O)CO[C@H]4O[C@H]4CC[C@]5(C)[C@@H]6CC[C@]78C(=O)O[C@@](C)(/C=C\C=C(C)C)[C@@]7(O)[C@@H](OC(C)=O)C[C@@]8(C)C6=CC[C@H]5C4(C)C)C(O)C3O)OC[C@H]2O)OC(CO)[C@H]1O. The van der Waals surface area contributed by atoms with Crippen molar-refractivity contribution >= 4 is 22.3 Å².